The van der Waals surface area contributed by atoms with Crippen molar-refractivity contribution in [2.75, 3.05) is 13.7 Å². The molecule has 1 aliphatic heterocycles. The van der Waals surface area contributed by atoms with Crippen molar-refractivity contribution in [1.29, 1.82) is 0 Å². The molecule has 100 valence electrons. The Morgan fingerprint density at radius 2 is 2.00 bits per heavy atom. The van der Waals surface area contributed by atoms with Gasteiger partial charge in [0.05, 0.1) is 12.2 Å². The second kappa shape index (κ2) is 4.56. The Morgan fingerprint density at radius 3 is 2.67 bits per heavy atom. The molecule has 0 amide bonds. The van der Waals surface area contributed by atoms with Gasteiger partial charge in [0, 0.05) is 12.7 Å². The normalized spacial score (nSPS) is 18.7. The van der Waals surface area contributed by atoms with E-state index in [9.17, 15) is 5.11 Å². The molecule has 0 spiro atoms. The Morgan fingerprint density at radius 1 is 1.28 bits per heavy atom. The SMILES string of the molecule is COC(C)(C)C(C)(O)c1cccc2c1OCCC2. The third-order valence-corrected chi connectivity index (χ3v) is 4.14. The van der Waals surface area contributed by atoms with Gasteiger partial charge in [0.25, 0.3) is 0 Å². The van der Waals surface area contributed by atoms with Gasteiger partial charge in [0.2, 0.25) is 0 Å². The van der Waals surface area contributed by atoms with E-state index in [0.29, 0.717) is 6.61 Å². The molecule has 0 saturated heterocycles. The molecule has 0 aliphatic carbocycles. The summed E-state index contributed by atoms with van der Waals surface area (Å²) in [6, 6.07) is 5.96. The molecular formula is C15H22O3. The zero-order chi connectivity index (χ0) is 13.4. The second-order valence-corrected chi connectivity index (χ2v) is 5.53. The summed E-state index contributed by atoms with van der Waals surface area (Å²) in [4.78, 5) is 0. The first-order valence-corrected chi connectivity index (χ1v) is 6.43. The van der Waals surface area contributed by atoms with Crippen LogP contribution in [0.15, 0.2) is 18.2 Å². The van der Waals surface area contributed by atoms with Crippen molar-refractivity contribution in [1.82, 2.24) is 0 Å². The lowest BCUT2D eigenvalue weighted by Gasteiger charge is -2.40. The van der Waals surface area contributed by atoms with Crippen molar-refractivity contribution in [2.45, 2.75) is 44.8 Å². The minimum atomic E-state index is -1.09. The van der Waals surface area contributed by atoms with Crippen molar-refractivity contribution >= 4 is 0 Å². The molecule has 1 heterocycles. The standard InChI is InChI=1S/C15H22O3/c1-14(2,17-4)15(3,16)12-9-5-7-11-8-6-10-18-13(11)12/h5,7,9,16H,6,8,10H2,1-4H3. The van der Waals surface area contributed by atoms with Crippen LogP contribution < -0.4 is 4.74 Å². The van der Waals surface area contributed by atoms with Crippen LogP contribution >= 0.6 is 0 Å². The molecule has 0 fully saturated rings. The molecule has 0 radical (unpaired) electrons. The maximum Gasteiger partial charge on any atom is 0.128 e. The maximum absolute atomic E-state index is 10.9. The van der Waals surface area contributed by atoms with Crippen molar-refractivity contribution < 1.29 is 14.6 Å². The predicted octanol–water partition coefficient (Wildman–Crippen LogP) is 2.64. The fraction of sp³-hybridized carbons (Fsp3) is 0.600. The molecule has 1 aliphatic rings. The summed E-state index contributed by atoms with van der Waals surface area (Å²) < 4.78 is 11.2. The lowest BCUT2D eigenvalue weighted by molar-refractivity contribution is -0.146. The van der Waals surface area contributed by atoms with E-state index in [1.165, 1.54) is 5.56 Å². The Hall–Kier alpha value is -1.06. The minimum Gasteiger partial charge on any atom is -0.493 e. The first-order valence-electron chi connectivity index (χ1n) is 6.43. The number of para-hydroxylation sites is 1. The van der Waals surface area contributed by atoms with Gasteiger partial charge in [-0.2, -0.15) is 0 Å². The molecule has 0 saturated carbocycles. The quantitative estimate of drug-likeness (QED) is 0.896. The zero-order valence-electron chi connectivity index (χ0n) is 11.6. The van der Waals surface area contributed by atoms with E-state index < -0.39 is 11.2 Å². The molecule has 1 aromatic carbocycles. The Labute approximate surface area is 109 Å². The average molecular weight is 250 g/mol. The van der Waals surface area contributed by atoms with Crippen LogP contribution in [-0.2, 0) is 16.8 Å². The lowest BCUT2D eigenvalue weighted by Crippen LogP contribution is -2.47. The van der Waals surface area contributed by atoms with E-state index in [0.717, 1.165) is 24.2 Å². The first-order chi connectivity index (χ1) is 8.40. The van der Waals surface area contributed by atoms with Crippen molar-refractivity contribution in [3.63, 3.8) is 0 Å². The predicted molar refractivity (Wildman–Crippen MR) is 70.9 cm³/mol. The van der Waals surface area contributed by atoms with Crippen LogP contribution in [0.4, 0.5) is 0 Å². The molecular weight excluding hydrogens is 228 g/mol. The highest BCUT2D eigenvalue weighted by atomic mass is 16.5. The Balaban J connectivity index is 2.51. The largest absolute Gasteiger partial charge is 0.493 e. The molecule has 0 aromatic heterocycles. The van der Waals surface area contributed by atoms with E-state index in [1.54, 1.807) is 14.0 Å². The summed E-state index contributed by atoms with van der Waals surface area (Å²) in [5.41, 5.74) is 0.213. The van der Waals surface area contributed by atoms with E-state index in [1.807, 2.05) is 26.0 Å². The number of aliphatic hydroxyl groups is 1. The molecule has 2 rings (SSSR count). The number of aryl methyl sites for hydroxylation is 1. The number of methoxy groups -OCH3 is 1. The molecule has 1 N–H and O–H groups in total. The van der Waals surface area contributed by atoms with Crippen molar-refractivity contribution in [3.05, 3.63) is 29.3 Å². The van der Waals surface area contributed by atoms with Gasteiger partial charge in [0.1, 0.15) is 11.4 Å². The highest BCUT2D eigenvalue weighted by Gasteiger charge is 2.43. The van der Waals surface area contributed by atoms with E-state index in [2.05, 4.69) is 6.07 Å². The van der Waals surface area contributed by atoms with Gasteiger partial charge < -0.3 is 14.6 Å². The average Bonchev–Trinajstić information content (AvgIpc) is 2.37. The molecule has 3 heteroatoms. The van der Waals surface area contributed by atoms with Crippen LogP contribution in [-0.4, -0.2) is 24.4 Å². The van der Waals surface area contributed by atoms with Crippen LogP contribution in [0.5, 0.6) is 5.75 Å². The van der Waals surface area contributed by atoms with Crippen LogP contribution in [0.2, 0.25) is 0 Å². The maximum atomic E-state index is 10.9. The number of rotatable bonds is 3. The third kappa shape index (κ3) is 2.02. The van der Waals surface area contributed by atoms with Crippen LogP contribution in [0.1, 0.15) is 38.3 Å². The fourth-order valence-corrected chi connectivity index (χ4v) is 2.30. The summed E-state index contributed by atoms with van der Waals surface area (Å²) in [7, 11) is 1.62. The lowest BCUT2D eigenvalue weighted by atomic mass is 9.79. The summed E-state index contributed by atoms with van der Waals surface area (Å²) in [5, 5.41) is 10.9. The molecule has 1 unspecified atom stereocenters. The fourth-order valence-electron chi connectivity index (χ4n) is 2.30. The molecule has 3 nitrogen and oxygen atoms in total. The summed E-state index contributed by atoms with van der Waals surface area (Å²) in [6.45, 7) is 6.27. The molecule has 1 aromatic rings. The van der Waals surface area contributed by atoms with Gasteiger partial charge in [-0.05, 0) is 39.2 Å². The minimum absolute atomic E-state index is 0.678. The molecule has 18 heavy (non-hydrogen) atoms. The number of benzene rings is 1. The van der Waals surface area contributed by atoms with E-state index in [-0.39, 0.29) is 0 Å². The smallest absolute Gasteiger partial charge is 0.128 e. The topological polar surface area (TPSA) is 38.7 Å². The molecule has 0 bridgehead atoms. The van der Waals surface area contributed by atoms with Crippen LogP contribution in [0, 0.1) is 0 Å². The van der Waals surface area contributed by atoms with Gasteiger partial charge in [-0.25, -0.2) is 0 Å². The summed E-state index contributed by atoms with van der Waals surface area (Å²) >= 11 is 0. The van der Waals surface area contributed by atoms with Crippen LogP contribution in [0.25, 0.3) is 0 Å². The highest BCUT2D eigenvalue weighted by molar-refractivity contribution is 5.46. The Kier molecular flexibility index (Phi) is 3.39. The number of hydrogen-bond donors (Lipinski definition) is 1. The second-order valence-electron chi connectivity index (χ2n) is 5.53. The van der Waals surface area contributed by atoms with E-state index >= 15 is 0 Å². The highest BCUT2D eigenvalue weighted by Crippen LogP contribution is 2.42. The number of ether oxygens (including phenoxy) is 2. The van der Waals surface area contributed by atoms with Crippen molar-refractivity contribution in [3.8, 4) is 5.75 Å². The van der Waals surface area contributed by atoms with Crippen LogP contribution in [0.3, 0.4) is 0 Å². The van der Waals surface area contributed by atoms with Gasteiger partial charge in [-0.3, -0.25) is 0 Å². The monoisotopic (exact) mass is 250 g/mol. The first kappa shape index (κ1) is 13.4. The Bertz CT molecular complexity index is 435. The summed E-state index contributed by atoms with van der Waals surface area (Å²) in [5.74, 6) is 0.832. The zero-order valence-corrected chi connectivity index (χ0v) is 11.6. The summed E-state index contributed by atoms with van der Waals surface area (Å²) in [6.07, 6.45) is 2.04. The number of hydrogen-bond acceptors (Lipinski definition) is 3. The van der Waals surface area contributed by atoms with Gasteiger partial charge in [-0.1, -0.05) is 18.2 Å². The van der Waals surface area contributed by atoms with Crippen molar-refractivity contribution in [2.24, 2.45) is 0 Å². The molecule has 1 atom stereocenters. The number of fused-ring (bicyclic) bond motifs is 1. The third-order valence-electron chi connectivity index (χ3n) is 4.14. The van der Waals surface area contributed by atoms with E-state index in [4.69, 9.17) is 9.47 Å². The van der Waals surface area contributed by atoms with Gasteiger partial charge in [-0.15, -0.1) is 0 Å². The van der Waals surface area contributed by atoms with Gasteiger partial charge >= 0.3 is 0 Å². The van der Waals surface area contributed by atoms with Gasteiger partial charge in [0.15, 0.2) is 0 Å².